The van der Waals surface area contributed by atoms with Crippen molar-refractivity contribution in [1.29, 1.82) is 0 Å². The van der Waals surface area contributed by atoms with Crippen molar-refractivity contribution in [2.24, 2.45) is 5.73 Å². The Morgan fingerprint density at radius 2 is 1.85 bits per heavy atom. The molecule has 132 valence electrons. The third-order valence-corrected chi connectivity index (χ3v) is 4.38. The van der Waals surface area contributed by atoms with Crippen LogP contribution in [0.25, 0.3) is 22.5 Å². The number of Topliss-reactive ketones (excluding diaryl/α,β-unsaturated/α-hetero) is 1. The average Bonchev–Trinajstić information content (AvgIpc) is 2.98. The van der Waals surface area contributed by atoms with Gasteiger partial charge in [-0.25, -0.2) is 0 Å². The molecule has 2 N–H and O–H groups in total. The Kier molecular flexibility index (Phi) is 4.87. The van der Waals surface area contributed by atoms with Crippen LogP contribution in [-0.2, 0) is 6.54 Å². The predicted molar refractivity (Wildman–Crippen MR) is 98.2 cm³/mol. The molecule has 1 aromatic heterocycles. The number of nitrogens with two attached hydrogens (primary N) is 1. The summed E-state index contributed by atoms with van der Waals surface area (Å²) in [7, 11) is 0. The van der Waals surface area contributed by atoms with Crippen LogP contribution in [0.15, 0.2) is 34.7 Å². The number of aryl methyl sites for hydroxylation is 2. The van der Waals surface area contributed by atoms with Gasteiger partial charge >= 0.3 is 150 Å². The van der Waals surface area contributed by atoms with Crippen LogP contribution in [0.5, 0.6) is 0 Å². The summed E-state index contributed by atoms with van der Waals surface area (Å²) in [4.78, 5) is 11.8. The van der Waals surface area contributed by atoms with Crippen LogP contribution in [0.1, 0.15) is 34.0 Å². The number of carbonyl (C=O) groups excluding carboxylic acids is 1. The Labute approximate surface area is 151 Å². The molecule has 0 saturated carbocycles. The van der Waals surface area contributed by atoms with Crippen LogP contribution in [0, 0.1) is 25.5 Å². The first-order valence-corrected chi connectivity index (χ1v) is 8.22. The number of rotatable bonds is 4. The molecule has 1 heterocycles. The predicted octanol–water partition coefficient (Wildman–Crippen LogP) is 4.51. The summed E-state index contributed by atoms with van der Waals surface area (Å²) in [6.45, 7) is 6.69. The van der Waals surface area contributed by atoms with E-state index >= 15 is 0 Å². The van der Waals surface area contributed by atoms with E-state index in [0.29, 0.717) is 33.6 Å². The molecular weight excluding hydrogens is 335 g/mol. The molecule has 0 unspecified atom stereocenters. The van der Waals surface area contributed by atoms with Gasteiger partial charge in [-0.05, 0) is 0 Å². The zero-order valence-electron chi connectivity index (χ0n) is 14.8. The van der Waals surface area contributed by atoms with Gasteiger partial charge in [0.05, 0.1) is 0 Å². The second-order valence-electron chi connectivity index (χ2n) is 6.31. The van der Waals surface area contributed by atoms with Crippen LogP contribution in [-0.4, -0.2) is 12.7 Å². The van der Waals surface area contributed by atoms with E-state index in [1.165, 1.54) is 19.1 Å². The molecule has 0 bridgehead atoms. The summed E-state index contributed by atoms with van der Waals surface area (Å²) < 4.78 is 34.4. The molecule has 0 radical (unpaired) electrons. The van der Waals surface area contributed by atoms with E-state index in [0.717, 1.165) is 5.56 Å². The van der Waals surface area contributed by atoms with Crippen molar-refractivity contribution in [3.63, 3.8) is 0 Å². The Bertz CT molecular complexity index is 1010. The zero-order chi connectivity index (χ0) is 19.0. The molecule has 0 aliphatic carbocycles. The van der Waals surface area contributed by atoms with Crippen LogP contribution in [0.2, 0.25) is 0 Å². The van der Waals surface area contributed by atoms with Crippen molar-refractivity contribution >= 4 is 12.7 Å². The van der Waals surface area contributed by atoms with E-state index in [2.05, 4.69) is 0 Å². The maximum absolute atomic E-state index is 14.8. The van der Waals surface area contributed by atoms with Crippen LogP contribution in [0.3, 0.4) is 0 Å². The number of carbonyl (C=O) groups is 1. The van der Waals surface area contributed by atoms with Crippen molar-refractivity contribution in [1.82, 2.24) is 0 Å². The monoisotopic (exact) mass is 353 g/mol. The van der Waals surface area contributed by atoms with E-state index in [1.807, 2.05) is 0 Å². The van der Waals surface area contributed by atoms with Crippen molar-refractivity contribution in [3.05, 3.63) is 64.2 Å². The summed E-state index contributed by atoms with van der Waals surface area (Å²) in [5.41, 5.74) is 8.76. The quantitative estimate of drug-likeness (QED) is 0.703. The molecular formula is C20H18BF2NO2. The van der Waals surface area contributed by atoms with Gasteiger partial charge in [0.2, 0.25) is 0 Å². The zero-order valence-corrected chi connectivity index (χ0v) is 14.8. The second kappa shape index (κ2) is 6.96. The number of hydrogen-bond donors (Lipinski definition) is 1. The second-order valence-corrected chi connectivity index (χ2v) is 6.31. The fourth-order valence-corrected chi connectivity index (χ4v) is 3.00. The summed E-state index contributed by atoms with van der Waals surface area (Å²) in [5, 5.41) is 0. The molecule has 0 saturated heterocycles. The molecule has 2 aromatic carbocycles. The summed E-state index contributed by atoms with van der Waals surface area (Å²) in [6, 6.07) is 7.42. The van der Waals surface area contributed by atoms with Crippen LogP contribution in [0.4, 0.5) is 8.78 Å². The maximum atomic E-state index is 14.8. The van der Waals surface area contributed by atoms with Crippen molar-refractivity contribution in [3.8, 4) is 22.5 Å². The van der Waals surface area contributed by atoms with Gasteiger partial charge in [-0.2, -0.15) is 0 Å². The Morgan fingerprint density at radius 3 is 2.46 bits per heavy atom. The minimum absolute atomic E-state index is 0.0816. The third kappa shape index (κ3) is 3.25. The summed E-state index contributed by atoms with van der Waals surface area (Å²) in [6.07, 6.45) is 0. The molecule has 26 heavy (non-hydrogen) atoms. The van der Waals surface area contributed by atoms with Gasteiger partial charge in [-0.15, -0.1) is 0 Å². The number of ketones is 1. The fraction of sp³-hybridized carbons (Fsp3) is 0.200. The molecule has 0 spiro atoms. The SMILES string of the molecule is CC(=O)c1bc(C)oc1-c1cc(F)c(-c2ccc(CN)c(F)c2)cc1C. The van der Waals surface area contributed by atoms with E-state index in [-0.39, 0.29) is 17.9 Å². The standard InChI is InChI=1S/C20H18BF2NO2/c1-10-6-16(13-4-5-14(9-24)17(22)7-13)18(23)8-15(10)20-19(11(2)25)21-12(3)26-20/h4-8H,9,24H2,1-3H3. The minimum atomic E-state index is -0.519. The molecule has 3 aromatic rings. The molecule has 3 nitrogen and oxygen atoms in total. The Hall–Kier alpha value is -2.60. The first kappa shape index (κ1) is 18.2. The molecule has 0 atom stereocenters. The topological polar surface area (TPSA) is 56.2 Å². The molecule has 0 aliphatic rings. The number of hydrogen-bond acceptors (Lipinski definition) is 3. The number of benzene rings is 2. The fourth-order valence-electron chi connectivity index (χ4n) is 3.00. The van der Waals surface area contributed by atoms with Gasteiger partial charge in [0, 0.05) is 0 Å². The molecule has 0 fully saturated rings. The van der Waals surface area contributed by atoms with Crippen LogP contribution < -0.4 is 5.73 Å². The summed E-state index contributed by atoms with van der Waals surface area (Å²) in [5.74, 6) is -0.788. The molecule has 3 rings (SSSR count). The van der Waals surface area contributed by atoms with Gasteiger partial charge in [-0.1, -0.05) is 0 Å². The first-order valence-electron chi connectivity index (χ1n) is 8.22. The third-order valence-electron chi connectivity index (χ3n) is 4.38. The van der Waals surface area contributed by atoms with E-state index in [1.54, 1.807) is 39.0 Å². The van der Waals surface area contributed by atoms with E-state index in [4.69, 9.17) is 10.2 Å². The van der Waals surface area contributed by atoms with Gasteiger partial charge in [0.15, 0.2) is 0 Å². The van der Waals surface area contributed by atoms with Crippen molar-refractivity contribution in [2.45, 2.75) is 27.3 Å². The molecule has 6 heteroatoms. The Morgan fingerprint density at radius 1 is 1.12 bits per heavy atom. The van der Waals surface area contributed by atoms with E-state index < -0.39 is 11.6 Å². The van der Waals surface area contributed by atoms with Gasteiger partial charge in [0.1, 0.15) is 0 Å². The van der Waals surface area contributed by atoms with Gasteiger partial charge in [-0.3, -0.25) is 0 Å². The van der Waals surface area contributed by atoms with Crippen molar-refractivity contribution in [2.75, 3.05) is 0 Å². The van der Waals surface area contributed by atoms with Crippen molar-refractivity contribution < 1.29 is 18.0 Å². The molecule has 0 amide bonds. The van der Waals surface area contributed by atoms with Gasteiger partial charge in [0.25, 0.3) is 0 Å². The Balaban J connectivity index is 2.13. The molecule has 0 aliphatic heterocycles. The summed E-state index contributed by atoms with van der Waals surface area (Å²) >= 11 is 0. The first-order chi connectivity index (χ1) is 12.3. The van der Waals surface area contributed by atoms with Crippen LogP contribution >= 0.6 is 0 Å². The number of halogens is 2. The van der Waals surface area contributed by atoms with E-state index in [9.17, 15) is 13.6 Å². The van der Waals surface area contributed by atoms with Gasteiger partial charge < -0.3 is 0 Å². The normalized spacial score (nSPS) is 10.8. The average molecular weight is 353 g/mol.